The van der Waals surface area contributed by atoms with E-state index in [4.69, 9.17) is 5.73 Å². The van der Waals surface area contributed by atoms with E-state index in [1.54, 1.807) is 0 Å². The van der Waals surface area contributed by atoms with Crippen LogP contribution in [-0.2, 0) is 0 Å². The first-order valence-electron chi connectivity index (χ1n) is 5.86. The van der Waals surface area contributed by atoms with E-state index in [-0.39, 0.29) is 6.10 Å². The van der Waals surface area contributed by atoms with Gasteiger partial charge in [-0.25, -0.2) is 0 Å². The maximum Gasteiger partial charge on any atom is 0.0639 e. The Hall–Kier alpha value is -0.120. The Labute approximate surface area is 87.3 Å². The molecule has 0 aromatic heterocycles. The highest BCUT2D eigenvalue weighted by atomic mass is 16.3. The molecule has 0 bridgehead atoms. The molecule has 3 nitrogen and oxygen atoms in total. The third kappa shape index (κ3) is 3.95. The molecular weight excluding hydrogens is 176 g/mol. The number of hydrogen-bond acceptors (Lipinski definition) is 3. The lowest BCUT2D eigenvalue weighted by Gasteiger charge is -2.30. The highest BCUT2D eigenvalue weighted by Gasteiger charge is 2.20. The molecule has 0 saturated carbocycles. The lowest BCUT2D eigenvalue weighted by molar-refractivity contribution is 0.0968. The number of nitrogens with zero attached hydrogens (tertiary/aromatic N) is 1. The molecule has 2 atom stereocenters. The predicted octanol–water partition coefficient (Wildman–Crippen LogP) is 0.961. The van der Waals surface area contributed by atoms with Crippen LogP contribution in [0.25, 0.3) is 0 Å². The minimum absolute atomic E-state index is 0.214. The molecule has 0 spiro atoms. The highest BCUT2D eigenvalue weighted by Crippen LogP contribution is 2.18. The summed E-state index contributed by atoms with van der Waals surface area (Å²) in [4.78, 5) is 2.42. The average Bonchev–Trinajstić information content (AvgIpc) is 2.32. The summed E-state index contributed by atoms with van der Waals surface area (Å²) < 4.78 is 0. The Balaban J connectivity index is 2.45. The van der Waals surface area contributed by atoms with Crippen LogP contribution in [0.2, 0.25) is 0 Å². The molecule has 0 aliphatic carbocycles. The summed E-state index contributed by atoms with van der Waals surface area (Å²) in [5.74, 6) is 0. The van der Waals surface area contributed by atoms with Crippen LogP contribution in [0, 0.1) is 0 Å². The van der Waals surface area contributed by atoms with Gasteiger partial charge in [-0.3, -0.25) is 4.90 Å². The van der Waals surface area contributed by atoms with E-state index in [2.05, 4.69) is 4.90 Å². The van der Waals surface area contributed by atoms with Crippen LogP contribution in [0.15, 0.2) is 0 Å². The number of aliphatic hydroxyl groups excluding tert-OH is 1. The van der Waals surface area contributed by atoms with Crippen LogP contribution in [0.5, 0.6) is 0 Å². The number of rotatable bonds is 4. The van der Waals surface area contributed by atoms with Crippen molar-refractivity contribution < 1.29 is 5.11 Å². The maximum atomic E-state index is 9.41. The molecule has 1 aliphatic rings. The van der Waals surface area contributed by atoms with E-state index in [1.807, 2.05) is 6.92 Å². The van der Waals surface area contributed by atoms with Gasteiger partial charge in [-0.15, -0.1) is 0 Å². The van der Waals surface area contributed by atoms with Gasteiger partial charge in [0.2, 0.25) is 0 Å². The molecule has 84 valence electrons. The second-order valence-electron chi connectivity index (χ2n) is 4.42. The molecule has 0 aromatic carbocycles. The molecule has 1 aliphatic heterocycles. The summed E-state index contributed by atoms with van der Waals surface area (Å²) in [6.07, 6.45) is 6.04. The zero-order valence-corrected chi connectivity index (χ0v) is 9.28. The summed E-state index contributed by atoms with van der Waals surface area (Å²) in [5, 5.41) is 9.41. The first-order valence-corrected chi connectivity index (χ1v) is 5.86. The van der Waals surface area contributed by atoms with Gasteiger partial charge < -0.3 is 10.8 Å². The molecule has 1 saturated heterocycles. The third-order valence-corrected chi connectivity index (χ3v) is 3.00. The fraction of sp³-hybridized carbons (Fsp3) is 1.00. The second-order valence-corrected chi connectivity index (χ2v) is 4.42. The van der Waals surface area contributed by atoms with Crippen LogP contribution in [0.1, 0.15) is 39.0 Å². The lowest BCUT2D eigenvalue weighted by Crippen LogP contribution is -2.40. The number of hydrogen-bond donors (Lipinski definition) is 2. The molecule has 0 radical (unpaired) electrons. The summed E-state index contributed by atoms with van der Waals surface area (Å²) in [5.41, 5.74) is 5.61. The highest BCUT2D eigenvalue weighted by molar-refractivity contribution is 4.76. The summed E-state index contributed by atoms with van der Waals surface area (Å²) >= 11 is 0. The molecule has 1 fully saturated rings. The first kappa shape index (κ1) is 12.0. The minimum atomic E-state index is -0.214. The van der Waals surface area contributed by atoms with Gasteiger partial charge in [-0.2, -0.15) is 0 Å². The van der Waals surface area contributed by atoms with Crippen molar-refractivity contribution in [3.8, 4) is 0 Å². The summed E-state index contributed by atoms with van der Waals surface area (Å²) in [7, 11) is 0. The average molecular weight is 200 g/mol. The van der Waals surface area contributed by atoms with Gasteiger partial charge in [-0.05, 0) is 39.3 Å². The predicted molar refractivity (Wildman–Crippen MR) is 59.2 cm³/mol. The van der Waals surface area contributed by atoms with E-state index < -0.39 is 0 Å². The SMILES string of the molecule is CC(O)CN1CCCCCC1CCN. The third-order valence-electron chi connectivity index (χ3n) is 3.00. The summed E-state index contributed by atoms with van der Waals surface area (Å²) in [6, 6.07) is 0.608. The van der Waals surface area contributed by atoms with Crippen LogP contribution >= 0.6 is 0 Å². The van der Waals surface area contributed by atoms with E-state index in [0.717, 1.165) is 26.1 Å². The van der Waals surface area contributed by atoms with Crippen molar-refractivity contribution in [2.75, 3.05) is 19.6 Å². The maximum absolute atomic E-state index is 9.41. The zero-order valence-electron chi connectivity index (χ0n) is 9.28. The molecular formula is C11H24N2O. The molecule has 0 amide bonds. The molecule has 0 aromatic rings. The topological polar surface area (TPSA) is 49.5 Å². The van der Waals surface area contributed by atoms with E-state index in [0.29, 0.717) is 6.04 Å². The fourth-order valence-electron chi connectivity index (χ4n) is 2.34. The van der Waals surface area contributed by atoms with Crippen molar-refractivity contribution in [1.82, 2.24) is 4.90 Å². The van der Waals surface area contributed by atoms with Gasteiger partial charge in [0, 0.05) is 12.6 Å². The van der Waals surface area contributed by atoms with Crippen molar-refractivity contribution in [3.05, 3.63) is 0 Å². The largest absolute Gasteiger partial charge is 0.392 e. The normalized spacial score (nSPS) is 27.2. The van der Waals surface area contributed by atoms with Crippen LogP contribution in [0.3, 0.4) is 0 Å². The van der Waals surface area contributed by atoms with Crippen molar-refractivity contribution in [3.63, 3.8) is 0 Å². The van der Waals surface area contributed by atoms with E-state index >= 15 is 0 Å². The van der Waals surface area contributed by atoms with Crippen molar-refractivity contribution >= 4 is 0 Å². The van der Waals surface area contributed by atoms with Gasteiger partial charge in [0.25, 0.3) is 0 Å². The molecule has 1 heterocycles. The number of likely N-dealkylation sites (tertiary alicyclic amines) is 1. The second kappa shape index (κ2) is 6.38. The standard InChI is InChI=1S/C11H24N2O/c1-10(14)9-13-8-4-2-3-5-11(13)6-7-12/h10-11,14H,2-9,12H2,1H3. The summed E-state index contributed by atoms with van der Waals surface area (Å²) in [6.45, 7) is 4.58. The van der Waals surface area contributed by atoms with Crippen molar-refractivity contribution in [2.24, 2.45) is 5.73 Å². The lowest BCUT2D eigenvalue weighted by atomic mass is 10.1. The van der Waals surface area contributed by atoms with Crippen LogP contribution in [0.4, 0.5) is 0 Å². The Morgan fingerprint density at radius 3 is 2.86 bits per heavy atom. The molecule has 3 heteroatoms. The number of β-amino-alcohol motifs (C(OH)–C–C–N with tert-alkyl or cyclic N) is 1. The van der Waals surface area contributed by atoms with Gasteiger partial charge in [-0.1, -0.05) is 12.8 Å². The molecule has 3 N–H and O–H groups in total. The quantitative estimate of drug-likeness (QED) is 0.710. The monoisotopic (exact) mass is 200 g/mol. The Kier molecular flexibility index (Phi) is 5.45. The minimum Gasteiger partial charge on any atom is -0.392 e. The Morgan fingerprint density at radius 1 is 1.43 bits per heavy atom. The van der Waals surface area contributed by atoms with E-state index in [9.17, 15) is 5.11 Å². The van der Waals surface area contributed by atoms with E-state index in [1.165, 1.54) is 25.7 Å². The number of nitrogens with two attached hydrogens (primary N) is 1. The Morgan fingerprint density at radius 2 is 2.21 bits per heavy atom. The first-order chi connectivity index (χ1) is 6.74. The zero-order chi connectivity index (χ0) is 10.4. The van der Waals surface area contributed by atoms with Gasteiger partial charge in [0.1, 0.15) is 0 Å². The molecule has 1 rings (SSSR count). The smallest absolute Gasteiger partial charge is 0.0639 e. The van der Waals surface area contributed by atoms with Gasteiger partial charge >= 0.3 is 0 Å². The molecule has 2 unspecified atom stereocenters. The number of aliphatic hydroxyl groups is 1. The molecule has 14 heavy (non-hydrogen) atoms. The van der Waals surface area contributed by atoms with Gasteiger partial charge in [0.05, 0.1) is 6.10 Å². The van der Waals surface area contributed by atoms with Gasteiger partial charge in [0.15, 0.2) is 0 Å². The van der Waals surface area contributed by atoms with Crippen LogP contribution < -0.4 is 5.73 Å². The van der Waals surface area contributed by atoms with Crippen molar-refractivity contribution in [2.45, 2.75) is 51.2 Å². The van der Waals surface area contributed by atoms with Crippen LogP contribution in [-0.4, -0.2) is 41.8 Å². The Bertz CT molecular complexity index is 150. The van der Waals surface area contributed by atoms with Crippen molar-refractivity contribution in [1.29, 1.82) is 0 Å². The fourth-order valence-corrected chi connectivity index (χ4v) is 2.34.